The average molecular weight is 1060 g/mol. The van der Waals surface area contributed by atoms with Gasteiger partial charge in [-0.2, -0.15) is 0 Å². The molecule has 6 bridgehead atoms. The second kappa shape index (κ2) is 15.5. The van der Waals surface area contributed by atoms with Crippen LogP contribution in [0.25, 0.3) is 20.2 Å². The molecule has 0 saturated heterocycles. The van der Waals surface area contributed by atoms with E-state index in [0.29, 0.717) is 0 Å². The Balaban J connectivity index is 1.04. The molecule has 3 atom stereocenters. The molecule has 3 aliphatic carbocycles. The Morgan fingerprint density at radius 1 is 0.463 bits per heavy atom. The minimum atomic E-state index is -0.217. The molecule has 4 aliphatic heterocycles. The Morgan fingerprint density at radius 2 is 1.10 bits per heavy atom. The second-order valence-corrected chi connectivity index (χ2v) is 30.4. The van der Waals surface area contributed by atoms with Crippen molar-refractivity contribution in [1.82, 2.24) is 0 Å². The summed E-state index contributed by atoms with van der Waals surface area (Å²) in [7, 11) is 0. The van der Waals surface area contributed by atoms with Crippen LogP contribution < -0.4 is 31.1 Å². The Bertz CT molecular complexity index is 4280. The first-order chi connectivity index (χ1) is 38.0. The van der Waals surface area contributed by atoms with Gasteiger partial charge < -0.3 is 14.7 Å². The Kier molecular flexibility index (Phi) is 9.55. The number of benzene rings is 8. The topological polar surface area (TPSA) is 9.72 Å². The van der Waals surface area contributed by atoms with E-state index in [4.69, 9.17) is 0 Å². The molecule has 8 aromatic carbocycles. The third kappa shape index (κ3) is 6.03. The molecule has 7 aliphatic rings. The summed E-state index contributed by atoms with van der Waals surface area (Å²) in [5.74, 6) is 0. The van der Waals surface area contributed by atoms with E-state index in [1.807, 2.05) is 11.3 Å². The van der Waals surface area contributed by atoms with E-state index in [9.17, 15) is 0 Å². The maximum atomic E-state index is 2.90. The van der Waals surface area contributed by atoms with Gasteiger partial charge in [0.1, 0.15) is 0 Å². The van der Waals surface area contributed by atoms with Gasteiger partial charge in [-0.3, -0.25) is 0 Å². The maximum absolute atomic E-state index is 2.90. The lowest BCUT2D eigenvalue weighted by Gasteiger charge is -2.51. The molecule has 3 nitrogen and oxygen atoms in total. The van der Waals surface area contributed by atoms with Gasteiger partial charge in [0.25, 0.3) is 6.71 Å². The molecule has 5 heteroatoms. The van der Waals surface area contributed by atoms with Gasteiger partial charge >= 0.3 is 0 Å². The summed E-state index contributed by atoms with van der Waals surface area (Å²) in [4.78, 5) is 8.37. The molecule has 16 rings (SSSR count). The number of hydrogen-bond donors (Lipinski definition) is 0. The summed E-state index contributed by atoms with van der Waals surface area (Å²) in [5, 5.41) is 2.65. The van der Waals surface area contributed by atoms with Crippen molar-refractivity contribution in [3.63, 3.8) is 0 Å². The van der Waals surface area contributed by atoms with Gasteiger partial charge in [0.05, 0.1) is 5.54 Å². The van der Waals surface area contributed by atoms with Crippen LogP contribution in [-0.4, -0.2) is 12.3 Å². The van der Waals surface area contributed by atoms with Gasteiger partial charge in [0.15, 0.2) is 0 Å². The molecule has 3 unspecified atom stereocenters. The van der Waals surface area contributed by atoms with Crippen LogP contribution >= 0.6 is 11.3 Å². The fourth-order valence-electron chi connectivity index (χ4n) is 17.9. The van der Waals surface area contributed by atoms with Crippen molar-refractivity contribution in [2.24, 2.45) is 0 Å². The van der Waals surface area contributed by atoms with Crippen molar-refractivity contribution in [3.8, 4) is 0 Å². The molecule has 0 spiro atoms. The van der Waals surface area contributed by atoms with Crippen LogP contribution in [0.15, 0.2) is 133 Å². The minimum Gasteiger partial charge on any atom is -0.334 e. The van der Waals surface area contributed by atoms with Crippen molar-refractivity contribution in [1.29, 1.82) is 0 Å². The third-order valence-corrected chi connectivity index (χ3v) is 23.8. The summed E-state index contributed by atoms with van der Waals surface area (Å²) in [5.41, 5.74) is 29.8. The molecule has 1 aromatic heterocycles. The molecule has 5 heterocycles. The fraction of sp³-hybridized carbons (Fsp3) is 0.360. The SMILES string of the molecule is Cc1cc2c3c(c1)N1c4cc5c(cc4C)C(C)(C)CCC5(C)c4cc5c(cc4C(C)(C)C)C4(C)CCCCC4(C)N5c4ccc(c1c4)B3c1cc3c(cc1N2c1ccc2sc4ccccc4c2c1)C(C)(C)c1ccccc1C3(C)C. The van der Waals surface area contributed by atoms with E-state index in [-0.39, 0.29) is 44.7 Å². The third-order valence-electron chi connectivity index (χ3n) is 22.6. The quantitative estimate of drug-likeness (QED) is 0.152. The number of anilines is 8. The predicted molar refractivity (Wildman–Crippen MR) is 344 cm³/mol. The lowest BCUT2D eigenvalue weighted by molar-refractivity contribution is 0.195. The molecule has 80 heavy (non-hydrogen) atoms. The van der Waals surface area contributed by atoms with Crippen molar-refractivity contribution in [3.05, 3.63) is 195 Å². The zero-order chi connectivity index (χ0) is 55.3. The number of thiophene rings is 1. The lowest BCUT2D eigenvalue weighted by Crippen LogP contribution is -2.62. The number of nitrogens with zero attached hydrogens (tertiary/aromatic N) is 3. The lowest BCUT2D eigenvalue weighted by atomic mass is 9.33. The normalized spacial score (nSPS) is 23.7. The van der Waals surface area contributed by atoms with Crippen LogP contribution in [0.3, 0.4) is 0 Å². The molecular weight excluding hydrogens is 986 g/mol. The monoisotopic (exact) mass is 1060 g/mol. The van der Waals surface area contributed by atoms with E-state index in [1.165, 1.54) is 157 Å². The van der Waals surface area contributed by atoms with E-state index in [0.717, 1.165) is 19.3 Å². The Hall–Kier alpha value is -6.56. The van der Waals surface area contributed by atoms with Gasteiger partial charge in [-0.1, -0.05) is 156 Å². The molecular formula is C75H76BN3S. The maximum Gasteiger partial charge on any atom is 0.252 e. The van der Waals surface area contributed by atoms with Gasteiger partial charge in [-0.15, -0.1) is 11.3 Å². The first-order valence-corrected chi connectivity index (χ1v) is 31.0. The summed E-state index contributed by atoms with van der Waals surface area (Å²) in [6, 6.07) is 54.7. The highest BCUT2D eigenvalue weighted by Crippen LogP contribution is 2.64. The van der Waals surface area contributed by atoms with E-state index in [2.05, 4.69) is 245 Å². The van der Waals surface area contributed by atoms with Crippen molar-refractivity contribution < 1.29 is 0 Å². The van der Waals surface area contributed by atoms with Gasteiger partial charge in [0, 0.05) is 87.3 Å². The van der Waals surface area contributed by atoms with Gasteiger partial charge in [0.2, 0.25) is 0 Å². The average Bonchev–Trinajstić information content (AvgIpc) is 3.44. The summed E-state index contributed by atoms with van der Waals surface area (Å²) in [6.07, 6.45) is 7.11. The Morgan fingerprint density at radius 3 is 1.85 bits per heavy atom. The molecule has 0 N–H and O–H groups in total. The van der Waals surface area contributed by atoms with Crippen LogP contribution in [0.4, 0.5) is 45.5 Å². The zero-order valence-corrected chi connectivity index (χ0v) is 50.6. The first-order valence-electron chi connectivity index (χ1n) is 30.2. The van der Waals surface area contributed by atoms with Crippen LogP contribution in [0.5, 0.6) is 0 Å². The molecule has 400 valence electrons. The number of fused-ring (bicyclic) bond motifs is 18. The molecule has 1 saturated carbocycles. The van der Waals surface area contributed by atoms with Crippen LogP contribution in [0.2, 0.25) is 0 Å². The number of rotatable bonds is 1. The Labute approximate surface area is 480 Å². The smallest absolute Gasteiger partial charge is 0.252 e. The zero-order valence-electron chi connectivity index (χ0n) is 49.8. The van der Waals surface area contributed by atoms with E-state index in [1.54, 1.807) is 5.56 Å². The molecule has 0 radical (unpaired) electrons. The van der Waals surface area contributed by atoms with Crippen LogP contribution in [0.1, 0.15) is 183 Å². The van der Waals surface area contributed by atoms with Crippen molar-refractivity contribution in [2.75, 3.05) is 14.7 Å². The van der Waals surface area contributed by atoms with E-state index < -0.39 is 0 Å². The largest absolute Gasteiger partial charge is 0.334 e. The molecule has 9 aromatic rings. The second-order valence-electron chi connectivity index (χ2n) is 29.3. The predicted octanol–water partition coefficient (Wildman–Crippen LogP) is 18.4. The standard InChI is InChI=1S/C75H76BN3S/c1-43-33-64-68-65(34-43)78-60-41-56-52(35-44(60)2)70(6,7)31-32-73(56,12)55-42-61-57(38-51(55)69(3,4)5)74(13)29-19-20-30-75(74,14)79(61)46-25-27-58(62(78)37-46)76(68)59-39-53-54(72(10,11)50-23-17-16-22-49(50)71(53,8)9)40-63(59)77(64)45-26-28-67-48(36-45)47-21-15-18-24-66(47)80-67/h15-18,21-28,33-42H,19-20,29-32H2,1-14H3. The van der Waals surface area contributed by atoms with Crippen molar-refractivity contribution >= 4 is 100 Å². The highest BCUT2D eigenvalue weighted by atomic mass is 32.1. The first kappa shape index (κ1) is 49.3. The minimum absolute atomic E-state index is 0.00925. The number of hydrogen-bond acceptors (Lipinski definition) is 4. The van der Waals surface area contributed by atoms with Crippen LogP contribution in [0, 0.1) is 13.8 Å². The molecule has 1 fully saturated rings. The number of aryl methyl sites for hydroxylation is 2. The van der Waals surface area contributed by atoms with Crippen molar-refractivity contribution in [2.45, 2.75) is 173 Å². The highest BCUT2D eigenvalue weighted by molar-refractivity contribution is 7.25. The molecule has 0 amide bonds. The fourth-order valence-corrected chi connectivity index (χ4v) is 19.0. The summed E-state index contributed by atoms with van der Waals surface area (Å²) < 4.78 is 2.67. The summed E-state index contributed by atoms with van der Waals surface area (Å²) >= 11 is 1.91. The van der Waals surface area contributed by atoms with Crippen LogP contribution in [-0.2, 0) is 32.5 Å². The van der Waals surface area contributed by atoms with Gasteiger partial charge in [-0.25, -0.2) is 0 Å². The highest BCUT2D eigenvalue weighted by Gasteiger charge is 2.59. The summed E-state index contributed by atoms with van der Waals surface area (Å²) in [6.45, 7) is 35.0. The van der Waals surface area contributed by atoms with Gasteiger partial charge in [-0.05, 0) is 202 Å². The van der Waals surface area contributed by atoms with E-state index >= 15 is 0 Å².